The van der Waals surface area contributed by atoms with Crippen molar-refractivity contribution in [3.63, 3.8) is 0 Å². The fourth-order valence-electron chi connectivity index (χ4n) is 3.90. The summed E-state index contributed by atoms with van der Waals surface area (Å²) in [6.07, 6.45) is 7.26. The van der Waals surface area contributed by atoms with Gasteiger partial charge in [-0.3, -0.25) is 0 Å². The van der Waals surface area contributed by atoms with Crippen molar-refractivity contribution in [2.24, 2.45) is 5.92 Å². The Kier molecular flexibility index (Phi) is 2.94. The minimum atomic E-state index is -0.405. The molecular weight excluding hydrogens is 200 g/mol. The Morgan fingerprint density at radius 3 is 3.00 bits per heavy atom. The van der Waals surface area contributed by atoms with Gasteiger partial charge < -0.3 is 15.3 Å². The summed E-state index contributed by atoms with van der Waals surface area (Å²) in [5, 5.41) is 14.6. The highest BCUT2D eigenvalue weighted by atomic mass is 16.3. The Balaban J connectivity index is 1.74. The molecule has 0 amide bonds. The molecule has 0 aromatic heterocycles. The molecule has 2 N–H and O–H groups in total. The largest absolute Gasteiger partial charge is 0.388 e. The van der Waals surface area contributed by atoms with Crippen molar-refractivity contribution in [2.75, 3.05) is 26.2 Å². The first kappa shape index (κ1) is 11.0. The maximum atomic E-state index is 11.0. The highest BCUT2D eigenvalue weighted by Crippen LogP contribution is 2.39. The molecule has 0 aromatic rings. The number of rotatable bonds is 1. The highest BCUT2D eigenvalue weighted by Gasteiger charge is 2.49. The van der Waals surface area contributed by atoms with Crippen LogP contribution >= 0.6 is 0 Å². The summed E-state index contributed by atoms with van der Waals surface area (Å²) in [4.78, 5) is 2.51. The number of fused-ring (bicyclic) bond motifs is 2. The summed E-state index contributed by atoms with van der Waals surface area (Å²) in [5.41, 5.74) is -0.405. The monoisotopic (exact) mass is 224 g/mol. The zero-order chi connectivity index (χ0) is 11.0. The lowest BCUT2D eigenvalue weighted by atomic mass is 9.75. The average Bonchev–Trinajstić information content (AvgIpc) is 2.51. The van der Waals surface area contributed by atoms with Crippen LogP contribution in [-0.2, 0) is 0 Å². The van der Waals surface area contributed by atoms with Crippen LogP contribution in [0.25, 0.3) is 0 Å². The minimum Gasteiger partial charge on any atom is -0.388 e. The van der Waals surface area contributed by atoms with Gasteiger partial charge in [0.15, 0.2) is 0 Å². The summed E-state index contributed by atoms with van der Waals surface area (Å²) in [5.74, 6) is 0.525. The van der Waals surface area contributed by atoms with Crippen molar-refractivity contribution < 1.29 is 5.11 Å². The number of nitrogens with one attached hydrogen (secondary N) is 1. The molecule has 3 heteroatoms. The quantitative estimate of drug-likeness (QED) is 0.697. The maximum absolute atomic E-state index is 11.0. The van der Waals surface area contributed by atoms with Gasteiger partial charge in [-0.15, -0.1) is 0 Å². The van der Waals surface area contributed by atoms with Crippen molar-refractivity contribution in [3.05, 3.63) is 0 Å². The van der Waals surface area contributed by atoms with E-state index in [0.717, 1.165) is 26.1 Å². The summed E-state index contributed by atoms with van der Waals surface area (Å²) >= 11 is 0. The second-order valence-electron chi connectivity index (χ2n) is 5.88. The Bertz CT molecular complexity index is 250. The summed E-state index contributed by atoms with van der Waals surface area (Å²) in [6.45, 7) is 4.54. The van der Waals surface area contributed by atoms with E-state index in [1.807, 2.05) is 0 Å². The first-order valence-corrected chi connectivity index (χ1v) is 6.97. The van der Waals surface area contributed by atoms with Crippen LogP contribution in [0.1, 0.15) is 38.5 Å². The lowest BCUT2D eigenvalue weighted by molar-refractivity contribution is -0.0742. The van der Waals surface area contributed by atoms with Crippen LogP contribution in [0.2, 0.25) is 0 Å². The van der Waals surface area contributed by atoms with Gasteiger partial charge in [0.2, 0.25) is 0 Å². The van der Waals surface area contributed by atoms with Crippen molar-refractivity contribution in [1.82, 2.24) is 10.2 Å². The van der Waals surface area contributed by atoms with E-state index in [9.17, 15) is 5.11 Å². The van der Waals surface area contributed by atoms with Crippen molar-refractivity contribution in [2.45, 2.75) is 50.2 Å². The predicted octanol–water partition coefficient (Wildman–Crippen LogP) is 0.975. The van der Waals surface area contributed by atoms with Crippen LogP contribution in [0.5, 0.6) is 0 Å². The van der Waals surface area contributed by atoms with E-state index in [1.165, 1.54) is 38.6 Å². The highest BCUT2D eigenvalue weighted by molar-refractivity contribution is 5.04. The van der Waals surface area contributed by atoms with Gasteiger partial charge in [0.1, 0.15) is 0 Å². The molecule has 4 unspecified atom stereocenters. The number of hydrogen-bond acceptors (Lipinski definition) is 3. The average molecular weight is 224 g/mol. The van der Waals surface area contributed by atoms with Gasteiger partial charge in [-0.25, -0.2) is 0 Å². The number of aliphatic hydroxyl groups is 1. The molecule has 92 valence electrons. The molecule has 3 rings (SSSR count). The fourth-order valence-corrected chi connectivity index (χ4v) is 3.90. The third-order valence-corrected chi connectivity index (χ3v) is 4.97. The molecule has 3 saturated heterocycles. The van der Waals surface area contributed by atoms with E-state index in [1.54, 1.807) is 0 Å². The van der Waals surface area contributed by atoms with Crippen LogP contribution < -0.4 is 5.32 Å². The van der Waals surface area contributed by atoms with E-state index in [-0.39, 0.29) is 0 Å². The Labute approximate surface area is 98.2 Å². The zero-order valence-corrected chi connectivity index (χ0v) is 10.1. The Morgan fingerprint density at radius 1 is 1.12 bits per heavy atom. The molecule has 4 atom stereocenters. The van der Waals surface area contributed by atoms with Crippen LogP contribution in [-0.4, -0.2) is 47.8 Å². The van der Waals surface area contributed by atoms with Gasteiger partial charge in [0.25, 0.3) is 0 Å². The van der Waals surface area contributed by atoms with Crippen LogP contribution in [0.15, 0.2) is 0 Å². The molecule has 3 aliphatic rings. The first-order chi connectivity index (χ1) is 7.79. The van der Waals surface area contributed by atoms with Crippen molar-refractivity contribution in [1.29, 1.82) is 0 Å². The maximum Gasteiger partial charge on any atom is 0.0852 e. The van der Waals surface area contributed by atoms with Crippen LogP contribution in [0, 0.1) is 5.92 Å². The standard InChI is InChI=1S/C13H24N2O/c16-13(12-4-2-1-3-7-14-12)6-9-15-8-5-11(13)10-15/h11-12,14,16H,1-10H2. The van der Waals surface area contributed by atoms with E-state index >= 15 is 0 Å². The third kappa shape index (κ3) is 1.79. The molecule has 3 nitrogen and oxygen atoms in total. The third-order valence-electron chi connectivity index (χ3n) is 4.97. The van der Waals surface area contributed by atoms with Gasteiger partial charge in [-0.05, 0) is 38.8 Å². The number of nitrogens with zero attached hydrogens (tertiary/aromatic N) is 1. The van der Waals surface area contributed by atoms with Gasteiger partial charge in [-0.2, -0.15) is 0 Å². The first-order valence-electron chi connectivity index (χ1n) is 6.97. The molecule has 16 heavy (non-hydrogen) atoms. The second kappa shape index (κ2) is 4.28. The van der Waals surface area contributed by atoms with Gasteiger partial charge in [-0.1, -0.05) is 12.8 Å². The van der Waals surface area contributed by atoms with E-state index < -0.39 is 5.60 Å². The van der Waals surface area contributed by atoms with Crippen LogP contribution in [0.4, 0.5) is 0 Å². The topological polar surface area (TPSA) is 35.5 Å². The molecule has 2 bridgehead atoms. The normalized spacial score (nSPS) is 48.9. The lowest BCUT2D eigenvalue weighted by Gasteiger charge is -2.44. The van der Waals surface area contributed by atoms with E-state index in [0.29, 0.717) is 12.0 Å². The van der Waals surface area contributed by atoms with Gasteiger partial charge in [0.05, 0.1) is 5.60 Å². The zero-order valence-electron chi connectivity index (χ0n) is 10.1. The number of piperidine rings is 1. The van der Waals surface area contributed by atoms with Crippen molar-refractivity contribution >= 4 is 0 Å². The summed E-state index contributed by atoms with van der Waals surface area (Å²) in [7, 11) is 0. The van der Waals surface area contributed by atoms with Gasteiger partial charge >= 0.3 is 0 Å². The van der Waals surface area contributed by atoms with E-state index in [4.69, 9.17) is 0 Å². The fraction of sp³-hybridized carbons (Fsp3) is 1.00. The SMILES string of the molecule is OC1(C2CCCCCN2)CCN2CCC1C2. The van der Waals surface area contributed by atoms with Gasteiger partial charge in [0, 0.05) is 25.0 Å². The summed E-state index contributed by atoms with van der Waals surface area (Å²) < 4.78 is 0. The van der Waals surface area contributed by atoms with E-state index in [2.05, 4.69) is 10.2 Å². The Hall–Kier alpha value is -0.120. The molecule has 3 fully saturated rings. The second-order valence-corrected chi connectivity index (χ2v) is 5.88. The molecule has 0 aromatic carbocycles. The van der Waals surface area contributed by atoms with Crippen LogP contribution in [0.3, 0.4) is 0 Å². The molecule has 3 heterocycles. The number of hydrogen-bond donors (Lipinski definition) is 2. The smallest absolute Gasteiger partial charge is 0.0852 e. The van der Waals surface area contributed by atoms with Crippen molar-refractivity contribution in [3.8, 4) is 0 Å². The Morgan fingerprint density at radius 2 is 2.06 bits per heavy atom. The molecule has 0 aliphatic carbocycles. The molecule has 0 saturated carbocycles. The molecule has 0 spiro atoms. The molecular formula is C13H24N2O. The summed E-state index contributed by atoms with van der Waals surface area (Å²) in [6, 6.07) is 0.361. The predicted molar refractivity (Wildman–Crippen MR) is 64.4 cm³/mol. The minimum absolute atomic E-state index is 0.361. The molecule has 3 aliphatic heterocycles. The lowest BCUT2D eigenvalue weighted by Crippen LogP contribution is -2.58. The molecule has 0 radical (unpaired) electrons.